The van der Waals surface area contributed by atoms with E-state index in [1.54, 1.807) is 19.2 Å². The number of aryl methyl sites for hydroxylation is 1. The molecule has 0 radical (unpaired) electrons. The summed E-state index contributed by atoms with van der Waals surface area (Å²) in [6, 6.07) is 4.66. The van der Waals surface area contributed by atoms with E-state index in [0.29, 0.717) is 11.3 Å². The highest BCUT2D eigenvalue weighted by atomic mass is 16.4. The number of hydrogen-bond donors (Lipinski definition) is 4. The highest BCUT2D eigenvalue weighted by Crippen LogP contribution is 2.15. The van der Waals surface area contributed by atoms with Gasteiger partial charge in [0.1, 0.15) is 5.69 Å². The molecule has 2 heterocycles. The number of carboxylic acid groups (broad SMARTS) is 1. The van der Waals surface area contributed by atoms with Crippen LogP contribution in [-0.4, -0.2) is 38.0 Å². The van der Waals surface area contributed by atoms with E-state index >= 15 is 0 Å². The van der Waals surface area contributed by atoms with Crippen LogP contribution in [0.4, 0.5) is 5.69 Å². The molecule has 0 aliphatic rings. The Morgan fingerprint density at radius 2 is 2.09 bits per heavy atom. The zero-order valence-electron chi connectivity index (χ0n) is 12.1. The van der Waals surface area contributed by atoms with Gasteiger partial charge in [-0.15, -0.1) is 0 Å². The summed E-state index contributed by atoms with van der Waals surface area (Å²) in [5.74, 6) is -1.84. The second kappa shape index (κ2) is 6.52. The van der Waals surface area contributed by atoms with Crippen LogP contribution in [-0.2, 0) is 7.05 Å². The van der Waals surface area contributed by atoms with E-state index in [9.17, 15) is 9.59 Å². The van der Waals surface area contributed by atoms with Gasteiger partial charge in [0.25, 0.3) is 5.91 Å². The van der Waals surface area contributed by atoms with Gasteiger partial charge in [-0.1, -0.05) is 6.07 Å². The van der Waals surface area contributed by atoms with E-state index in [1.807, 2.05) is 0 Å². The van der Waals surface area contributed by atoms with Crippen molar-refractivity contribution in [3.8, 4) is 0 Å². The number of allylic oxidation sites excluding steroid dienone is 1. The fourth-order valence-electron chi connectivity index (χ4n) is 1.85. The van der Waals surface area contributed by atoms with Gasteiger partial charge in [-0.25, -0.2) is 9.78 Å². The molecule has 1 amide bonds. The maximum absolute atomic E-state index is 12.2. The lowest BCUT2D eigenvalue weighted by atomic mass is 10.2. The predicted molar refractivity (Wildman–Crippen MR) is 83.3 cm³/mol. The topological polar surface area (TPSA) is 147 Å². The lowest BCUT2D eigenvalue weighted by molar-refractivity contribution is 0.0690. The van der Waals surface area contributed by atoms with Crippen molar-refractivity contribution in [1.29, 1.82) is 5.41 Å². The molecule has 2 rings (SSSR count). The lowest BCUT2D eigenvalue weighted by Crippen LogP contribution is -2.16. The van der Waals surface area contributed by atoms with Crippen LogP contribution in [0.5, 0.6) is 0 Å². The minimum atomic E-state index is -1.25. The number of anilines is 1. The maximum atomic E-state index is 12.2. The van der Waals surface area contributed by atoms with Crippen molar-refractivity contribution in [3.05, 3.63) is 47.7 Å². The van der Waals surface area contributed by atoms with Crippen LogP contribution in [0.3, 0.4) is 0 Å². The van der Waals surface area contributed by atoms with Crippen molar-refractivity contribution in [1.82, 2.24) is 14.8 Å². The van der Waals surface area contributed by atoms with Crippen molar-refractivity contribution < 1.29 is 14.7 Å². The van der Waals surface area contributed by atoms with Crippen LogP contribution in [0, 0.1) is 5.41 Å². The first kappa shape index (κ1) is 15.9. The van der Waals surface area contributed by atoms with E-state index in [0.717, 1.165) is 6.21 Å². The van der Waals surface area contributed by atoms with Crippen LogP contribution < -0.4 is 11.1 Å². The first-order valence-electron chi connectivity index (χ1n) is 6.44. The summed E-state index contributed by atoms with van der Waals surface area (Å²) in [5, 5.41) is 22.5. The summed E-state index contributed by atoms with van der Waals surface area (Å²) in [5.41, 5.74) is 5.97. The van der Waals surface area contributed by atoms with E-state index in [2.05, 4.69) is 15.4 Å². The first-order valence-corrected chi connectivity index (χ1v) is 6.44. The molecule has 118 valence electrons. The summed E-state index contributed by atoms with van der Waals surface area (Å²) in [6.45, 7) is 0. The van der Waals surface area contributed by atoms with Gasteiger partial charge < -0.3 is 21.6 Å². The minimum absolute atomic E-state index is 0.0592. The Morgan fingerprint density at radius 1 is 1.39 bits per heavy atom. The van der Waals surface area contributed by atoms with Crippen LogP contribution in [0.15, 0.2) is 30.6 Å². The Kier molecular flexibility index (Phi) is 4.50. The Hall–Kier alpha value is -3.49. The number of carbonyl (C=O) groups excluding carboxylic acids is 1. The molecule has 0 saturated heterocycles. The Bertz CT molecular complexity index is 809. The highest BCUT2D eigenvalue weighted by Gasteiger charge is 2.18. The van der Waals surface area contributed by atoms with Gasteiger partial charge in [0, 0.05) is 31.2 Å². The molecular weight excluding hydrogens is 300 g/mol. The average Bonchev–Trinajstić information content (AvgIpc) is 2.89. The number of nitrogens with one attached hydrogen (secondary N) is 2. The van der Waals surface area contributed by atoms with Crippen LogP contribution in [0.25, 0.3) is 5.57 Å². The normalized spacial score (nSPS) is 11.1. The third-order valence-corrected chi connectivity index (χ3v) is 2.89. The molecule has 23 heavy (non-hydrogen) atoms. The number of nitrogens with two attached hydrogens (primary N) is 1. The van der Waals surface area contributed by atoms with Gasteiger partial charge in [0.15, 0.2) is 5.69 Å². The summed E-state index contributed by atoms with van der Waals surface area (Å²) < 4.78 is 1.28. The van der Waals surface area contributed by atoms with Gasteiger partial charge >= 0.3 is 5.97 Å². The molecule has 9 heteroatoms. The smallest absolute Gasteiger partial charge is 0.358 e. The van der Waals surface area contributed by atoms with Crippen molar-refractivity contribution in [3.63, 3.8) is 0 Å². The predicted octanol–water partition coefficient (Wildman–Crippen LogP) is 0.715. The Morgan fingerprint density at radius 3 is 2.70 bits per heavy atom. The SMILES string of the molecule is Cn1cc(NC(=O)c2cccc(/C(C=N)=C/N)n2)c(C(=O)O)n1. The van der Waals surface area contributed by atoms with Crippen molar-refractivity contribution in [2.45, 2.75) is 0 Å². The van der Waals surface area contributed by atoms with E-state index in [1.165, 1.54) is 23.1 Å². The van der Waals surface area contributed by atoms with Crippen LogP contribution in [0.1, 0.15) is 26.7 Å². The standard InChI is InChI=1S/C14H14N6O3/c1-20-7-11(12(19-20)14(22)23)18-13(21)10-4-2-3-9(17-10)8(5-15)6-16/h2-7,15H,16H2,1H3,(H,18,21)(H,22,23)/b8-6+,15-5?. The molecule has 0 aliphatic carbocycles. The molecule has 0 saturated carbocycles. The van der Waals surface area contributed by atoms with Crippen molar-refractivity contribution in [2.75, 3.05) is 5.32 Å². The first-order chi connectivity index (χ1) is 11.0. The van der Waals surface area contributed by atoms with Gasteiger partial charge in [0.2, 0.25) is 0 Å². The van der Waals surface area contributed by atoms with Crippen molar-refractivity contribution >= 4 is 29.4 Å². The molecule has 0 aliphatic heterocycles. The largest absolute Gasteiger partial charge is 0.476 e. The molecule has 2 aromatic rings. The van der Waals surface area contributed by atoms with Crippen molar-refractivity contribution in [2.24, 2.45) is 12.8 Å². The fourth-order valence-corrected chi connectivity index (χ4v) is 1.85. The summed E-state index contributed by atoms with van der Waals surface area (Å²) in [6.07, 6.45) is 3.61. The monoisotopic (exact) mass is 314 g/mol. The lowest BCUT2D eigenvalue weighted by Gasteiger charge is -2.05. The number of pyridine rings is 1. The minimum Gasteiger partial charge on any atom is -0.476 e. The molecule has 0 aromatic carbocycles. The molecule has 0 fully saturated rings. The summed E-state index contributed by atoms with van der Waals surface area (Å²) in [7, 11) is 1.55. The summed E-state index contributed by atoms with van der Waals surface area (Å²) >= 11 is 0. The number of nitrogens with zero attached hydrogens (tertiary/aromatic N) is 3. The van der Waals surface area contributed by atoms with Gasteiger partial charge in [-0.2, -0.15) is 5.10 Å². The number of rotatable bonds is 5. The second-order valence-electron chi connectivity index (χ2n) is 4.50. The quantitative estimate of drug-likeness (QED) is 0.598. The molecule has 5 N–H and O–H groups in total. The Balaban J connectivity index is 2.30. The molecule has 0 atom stereocenters. The molecule has 0 spiro atoms. The van der Waals surface area contributed by atoms with Gasteiger partial charge in [0.05, 0.1) is 11.4 Å². The van der Waals surface area contributed by atoms with Gasteiger partial charge in [-0.3, -0.25) is 9.48 Å². The van der Waals surface area contributed by atoms with E-state index < -0.39 is 11.9 Å². The number of carboxylic acids is 1. The number of aromatic nitrogens is 3. The highest BCUT2D eigenvalue weighted by molar-refractivity contribution is 6.09. The van der Waals surface area contributed by atoms with Crippen LogP contribution in [0.2, 0.25) is 0 Å². The number of hydrogen-bond acceptors (Lipinski definition) is 6. The third-order valence-electron chi connectivity index (χ3n) is 2.89. The number of carbonyl (C=O) groups is 2. The second-order valence-corrected chi connectivity index (χ2v) is 4.50. The van der Waals surface area contributed by atoms with E-state index in [-0.39, 0.29) is 17.1 Å². The number of aromatic carboxylic acids is 1. The van der Waals surface area contributed by atoms with Crippen LogP contribution >= 0.6 is 0 Å². The summed E-state index contributed by atoms with van der Waals surface area (Å²) in [4.78, 5) is 27.4. The molecular formula is C14H14N6O3. The molecule has 0 unspecified atom stereocenters. The zero-order chi connectivity index (χ0) is 17.0. The maximum Gasteiger partial charge on any atom is 0.358 e. The Labute approximate surface area is 131 Å². The molecule has 2 aromatic heterocycles. The van der Waals surface area contributed by atoms with E-state index in [4.69, 9.17) is 16.2 Å². The molecule has 0 bridgehead atoms. The number of amides is 1. The molecule has 9 nitrogen and oxygen atoms in total. The zero-order valence-corrected chi connectivity index (χ0v) is 12.1. The van der Waals surface area contributed by atoms with Gasteiger partial charge in [-0.05, 0) is 12.1 Å². The third kappa shape index (κ3) is 3.40. The average molecular weight is 314 g/mol. The fraction of sp³-hybridized carbons (Fsp3) is 0.0714.